The van der Waals surface area contributed by atoms with Gasteiger partial charge in [-0.25, -0.2) is 15.0 Å². The summed E-state index contributed by atoms with van der Waals surface area (Å²) in [4.78, 5) is 16.4. The molecule has 0 fully saturated rings. The molecule has 0 saturated carbocycles. The van der Waals surface area contributed by atoms with Crippen molar-refractivity contribution in [2.45, 2.75) is 39.3 Å². The highest BCUT2D eigenvalue weighted by Crippen LogP contribution is 2.20. The normalized spacial score (nSPS) is 15.3. The van der Waals surface area contributed by atoms with Crippen LogP contribution in [-0.2, 0) is 19.5 Å². The smallest absolute Gasteiger partial charge is 0.137 e. The van der Waals surface area contributed by atoms with E-state index < -0.39 is 0 Å². The van der Waals surface area contributed by atoms with Gasteiger partial charge in [0.15, 0.2) is 0 Å². The summed E-state index contributed by atoms with van der Waals surface area (Å²) in [5.41, 5.74) is 4.59. The molecule has 4 heterocycles. The monoisotopic (exact) mass is 307 g/mol. The second-order valence-corrected chi connectivity index (χ2v) is 6.51. The second-order valence-electron chi connectivity index (χ2n) is 6.51. The summed E-state index contributed by atoms with van der Waals surface area (Å²) in [6, 6.07) is 6.09. The highest BCUT2D eigenvalue weighted by Gasteiger charge is 2.19. The zero-order valence-corrected chi connectivity index (χ0v) is 13.6. The third-order valence-corrected chi connectivity index (χ3v) is 4.35. The van der Waals surface area contributed by atoms with E-state index in [0.717, 1.165) is 43.2 Å². The lowest BCUT2D eigenvalue weighted by molar-refractivity contribution is 0.240. The minimum absolute atomic E-state index is 0.385. The van der Waals surface area contributed by atoms with Crippen molar-refractivity contribution in [1.82, 2.24) is 24.3 Å². The molecule has 1 aliphatic heterocycles. The van der Waals surface area contributed by atoms with Crippen LogP contribution in [0.5, 0.6) is 0 Å². The van der Waals surface area contributed by atoms with Crippen LogP contribution < -0.4 is 0 Å². The van der Waals surface area contributed by atoms with E-state index in [4.69, 9.17) is 9.97 Å². The highest BCUT2D eigenvalue weighted by atomic mass is 15.2. The molecule has 0 aliphatic carbocycles. The first-order chi connectivity index (χ1) is 11.2. The number of rotatable bonds is 3. The average molecular weight is 307 g/mol. The molecule has 23 heavy (non-hydrogen) atoms. The van der Waals surface area contributed by atoms with Gasteiger partial charge in [-0.2, -0.15) is 0 Å². The van der Waals surface area contributed by atoms with Crippen LogP contribution >= 0.6 is 0 Å². The maximum Gasteiger partial charge on any atom is 0.137 e. The lowest BCUT2D eigenvalue weighted by Crippen LogP contribution is -2.31. The van der Waals surface area contributed by atoms with Crippen molar-refractivity contribution in [3.63, 3.8) is 0 Å². The molecule has 118 valence electrons. The zero-order valence-electron chi connectivity index (χ0n) is 13.6. The first kappa shape index (κ1) is 14.3. The molecule has 0 bridgehead atoms. The first-order valence-corrected chi connectivity index (χ1v) is 8.18. The van der Waals surface area contributed by atoms with Crippen molar-refractivity contribution >= 4 is 5.65 Å². The van der Waals surface area contributed by atoms with Crippen molar-refractivity contribution < 1.29 is 0 Å². The fourth-order valence-electron chi connectivity index (χ4n) is 3.10. The SMILES string of the molecule is CC(C)c1ncc2c(n1)CCN(Cc1cn3ccccc3n1)C2. The topological polar surface area (TPSA) is 46.3 Å². The summed E-state index contributed by atoms with van der Waals surface area (Å²) >= 11 is 0. The van der Waals surface area contributed by atoms with Crippen LogP contribution in [0.15, 0.2) is 36.8 Å². The molecule has 5 nitrogen and oxygen atoms in total. The van der Waals surface area contributed by atoms with Gasteiger partial charge in [0, 0.05) is 61.8 Å². The Morgan fingerprint density at radius 1 is 1.22 bits per heavy atom. The number of fused-ring (bicyclic) bond motifs is 2. The van der Waals surface area contributed by atoms with Gasteiger partial charge in [-0.3, -0.25) is 4.90 Å². The molecule has 0 atom stereocenters. The fraction of sp³-hybridized carbons (Fsp3) is 0.389. The Balaban J connectivity index is 1.51. The molecule has 0 aromatic carbocycles. The molecule has 3 aromatic heterocycles. The number of pyridine rings is 1. The minimum atomic E-state index is 0.385. The Bertz CT molecular complexity index is 803. The first-order valence-electron chi connectivity index (χ1n) is 8.18. The molecule has 0 spiro atoms. The van der Waals surface area contributed by atoms with Gasteiger partial charge in [0.1, 0.15) is 11.5 Å². The fourth-order valence-corrected chi connectivity index (χ4v) is 3.10. The summed E-state index contributed by atoms with van der Waals surface area (Å²) in [5, 5.41) is 0. The quantitative estimate of drug-likeness (QED) is 0.746. The molecule has 4 rings (SSSR count). The molecular formula is C18H21N5. The van der Waals surface area contributed by atoms with Crippen molar-refractivity contribution in [2.75, 3.05) is 6.54 Å². The Labute approximate surface area is 136 Å². The zero-order chi connectivity index (χ0) is 15.8. The molecule has 3 aromatic rings. The van der Waals surface area contributed by atoms with Gasteiger partial charge >= 0.3 is 0 Å². The van der Waals surface area contributed by atoms with E-state index in [1.807, 2.05) is 30.6 Å². The predicted octanol–water partition coefficient (Wildman–Crippen LogP) is 2.81. The number of imidazole rings is 1. The summed E-state index contributed by atoms with van der Waals surface area (Å²) < 4.78 is 2.07. The van der Waals surface area contributed by atoms with E-state index in [9.17, 15) is 0 Å². The third kappa shape index (κ3) is 2.84. The van der Waals surface area contributed by atoms with Crippen LogP contribution in [0.3, 0.4) is 0 Å². The Morgan fingerprint density at radius 2 is 2.13 bits per heavy atom. The summed E-state index contributed by atoms with van der Waals surface area (Å²) in [6.07, 6.45) is 7.15. The maximum absolute atomic E-state index is 4.73. The van der Waals surface area contributed by atoms with Gasteiger partial charge in [-0.1, -0.05) is 19.9 Å². The van der Waals surface area contributed by atoms with E-state index >= 15 is 0 Å². The molecule has 0 amide bonds. The Hall–Kier alpha value is -2.27. The number of aromatic nitrogens is 4. The van der Waals surface area contributed by atoms with Gasteiger partial charge in [0.25, 0.3) is 0 Å². The van der Waals surface area contributed by atoms with Crippen molar-refractivity contribution in [1.29, 1.82) is 0 Å². The van der Waals surface area contributed by atoms with E-state index in [1.54, 1.807) is 0 Å². The lowest BCUT2D eigenvalue weighted by atomic mass is 10.1. The van der Waals surface area contributed by atoms with Gasteiger partial charge in [-0.05, 0) is 12.1 Å². The van der Waals surface area contributed by atoms with Crippen LogP contribution in [0.4, 0.5) is 0 Å². The number of nitrogens with zero attached hydrogens (tertiary/aromatic N) is 5. The molecule has 0 saturated heterocycles. The largest absolute Gasteiger partial charge is 0.307 e. The van der Waals surface area contributed by atoms with Gasteiger partial charge in [-0.15, -0.1) is 0 Å². The van der Waals surface area contributed by atoms with E-state index in [0.29, 0.717) is 5.92 Å². The van der Waals surface area contributed by atoms with Gasteiger partial charge in [0.2, 0.25) is 0 Å². The van der Waals surface area contributed by atoms with E-state index in [2.05, 4.69) is 34.3 Å². The van der Waals surface area contributed by atoms with Crippen molar-refractivity contribution in [2.24, 2.45) is 0 Å². The molecular weight excluding hydrogens is 286 g/mol. The van der Waals surface area contributed by atoms with Gasteiger partial charge in [0.05, 0.1) is 5.69 Å². The summed E-state index contributed by atoms with van der Waals surface area (Å²) in [5.74, 6) is 1.34. The summed E-state index contributed by atoms with van der Waals surface area (Å²) in [6.45, 7) is 7.07. The molecule has 5 heteroatoms. The van der Waals surface area contributed by atoms with Gasteiger partial charge < -0.3 is 4.40 Å². The maximum atomic E-state index is 4.73. The highest BCUT2D eigenvalue weighted by molar-refractivity contribution is 5.39. The van der Waals surface area contributed by atoms with Crippen molar-refractivity contribution in [3.8, 4) is 0 Å². The van der Waals surface area contributed by atoms with E-state index in [1.165, 1.54) is 11.3 Å². The number of hydrogen-bond donors (Lipinski definition) is 0. The molecule has 0 N–H and O–H groups in total. The van der Waals surface area contributed by atoms with E-state index in [-0.39, 0.29) is 0 Å². The third-order valence-electron chi connectivity index (χ3n) is 4.35. The van der Waals surface area contributed by atoms with Crippen LogP contribution in [-0.4, -0.2) is 30.8 Å². The molecule has 1 aliphatic rings. The van der Waals surface area contributed by atoms with Crippen LogP contribution in [0.25, 0.3) is 5.65 Å². The Kier molecular flexibility index (Phi) is 3.58. The van der Waals surface area contributed by atoms with Crippen LogP contribution in [0.2, 0.25) is 0 Å². The predicted molar refractivity (Wildman–Crippen MR) is 89.1 cm³/mol. The lowest BCUT2D eigenvalue weighted by Gasteiger charge is -2.27. The standard InChI is InChI=1S/C18H21N5/c1-13(2)18-19-9-14-10-22(8-6-16(14)21-18)11-15-12-23-7-4-3-5-17(23)20-15/h3-5,7,9,12-13H,6,8,10-11H2,1-2H3. The minimum Gasteiger partial charge on any atom is -0.307 e. The average Bonchev–Trinajstić information content (AvgIpc) is 2.96. The van der Waals surface area contributed by atoms with Crippen LogP contribution in [0, 0.1) is 0 Å². The molecule has 0 radical (unpaired) electrons. The molecule has 0 unspecified atom stereocenters. The Morgan fingerprint density at radius 3 is 2.96 bits per heavy atom. The summed E-state index contributed by atoms with van der Waals surface area (Å²) in [7, 11) is 0. The van der Waals surface area contributed by atoms with Crippen LogP contribution in [0.1, 0.15) is 42.5 Å². The number of hydrogen-bond acceptors (Lipinski definition) is 4. The second kappa shape index (κ2) is 5.74. The van der Waals surface area contributed by atoms with Crippen molar-refractivity contribution in [3.05, 3.63) is 59.6 Å².